The van der Waals surface area contributed by atoms with Crippen molar-refractivity contribution in [3.05, 3.63) is 29.8 Å². The van der Waals surface area contributed by atoms with Crippen LogP contribution in [0.3, 0.4) is 0 Å². The summed E-state index contributed by atoms with van der Waals surface area (Å²) < 4.78 is 36.4. The van der Waals surface area contributed by atoms with Crippen LogP contribution < -0.4 is 16.0 Å². The fourth-order valence-electron chi connectivity index (χ4n) is 1.52. The highest BCUT2D eigenvalue weighted by Crippen LogP contribution is 2.18. The van der Waals surface area contributed by atoms with Crippen LogP contribution in [0.25, 0.3) is 0 Å². The third-order valence-corrected chi connectivity index (χ3v) is 2.58. The van der Waals surface area contributed by atoms with E-state index in [2.05, 4.69) is 10.6 Å². The quantitative estimate of drug-likeness (QED) is 0.696. The summed E-state index contributed by atoms with van der Waals surface area (Å²) in [7, 11) is 1.54. The molecule has 0 spiro atoms. The molecule has 0 saturated carbocycles. The van der Waals surface area contributed by atoms with Gasteiger partial charge in [0.25, 0.3) is 0 Å². The van der Waals surface area contributed by atoms with Crippen LogP contribution in [0.4, 0.5) is 18.9 Å². The van der Waals surface area contributed by atoms with Crippen molar-refractivity contribution in [3.63, 3.8) is 0 Å². The number of carbonyl (C=O) groups excluding carboxylic acids is 2. The van der Waals surface area contributed by atoms with Crippen molar-refractivity contribution in [3.8, 4) is 0 Å². The highest BCUT2D eigenvalue weighted by molar-refractivity contribution is 5.94. The Bertz CT molecular complexity index is 504. The fourth-order valence-corrected chi connectivity index (χ4v) is 1.52. The topological polar surface area (TPSA) is 70.2 Å². The SMILES string of the molecule is CNC(=O)CCNCc1cccc(NC(=O)C(F)(F)F)c1. The Kier molecular flexibility index (Phi) is 6.16. The number of alkyl halides is 3. The average molecular weight is 303 g/mol. The summed E-state index contributed by atoms with van der Waals surface area (Å²) in [4.78, 5) is 21.8. The molecule has 0 bridgehead atoms. The van der Waals surface area contributed by atoms with Crippen molar-refractivity contribution in [2.75, 3.05) is 18.9 Å². The smallest absolute Gasteiger partial charge is 0.359 e. The molecule has 0 unspecified atom stereocenters. The zero-order valence-corrected chi connectivity index (χ0v) is 11.4. The lowest BCUT2D eigenvalue weighted by molar-refractivity contribution is -0.167. The van der Waals surface area contributed by atoms with Gasteiger partial charge in [0.1, 0.15) is 0 Å². The van der Waals surface area contributed by atoms with Crippen molar-refractivity contribution < 1.29 is 22.8 Å². The Morgan fingerprint density at radius 3 is 2.57 bits per heavy atom. The van der Waals surface area contributed by atoms with Crippen LogP contribution in [0.2, 0.25) is 0 Å². The van der Waals surface area contributed by atoms with Gasteiger partial charge in [-0.3, -0.25) is 9.59 Å². The maximum atomic E-state index is 12.1. The number of benzene rings is 1. The first kappa shape index (κ1) is 17.0. The predicted octanol–water partition coefficient (Wildman–Crippen LogP) is 1.41. The monoisotopic (exact) mass is 303 g/mol. The second-order valence-corrected chi connectivity index (χ2v) is 4.25. The summed E-state index contributed by atoms with van der Waals surface area (Å²) in [6.45, 7) is 0.825. The van der Waals surface area contributed by atoms with Crippen LogP contribution in [0, 0.1) is 0 Å². The van der Waals surface area contributed by atoms with Gasteiger partial charge in [-0.1, -0.05) is 12.1 Å². The van der Waals surface area contributed by atoms with Crippen LogP contribution in [0.1, 0.15) is 12.0 Å². The van der Waals surface area contributed by atoms with E-state index in [9.17, 15) is 22.8 Å². The summed E-state index contributed by atoms with van der Waals surface area (Å²) >= 11 is 0. The minimum atomic E-state index is -4.91. The van der Waals surface area contributed by atoms with E-state index in [1.54, 1.807) is 17.4 Å². The second-order valence-electron chi connectivity index (χ2n) is 4.25. The average Bonchev–Trinajstić information content (AvgIpc) is 2.42. The minimum absolute atomic E-state index is 0.0722. The van der Waals surface area contributed by atoms with E-state index in [4.69, 9.17) is 0 Å². The molecule has 0 aliphatic rings. The number of carbonyl (C=O) groups is 2. The zero-order valence-electron chi connectivity index (χ0n) is 11.4. The molecule has 1 rings (SSSR count). The van der Waals surface area contributed by atoms with Crippen molar-refractivity contribution in [2.24, 2.45) is 0 Å². The zero-order chi connectivity index (χ0) is 15.9. The van der Waals surface area contributed by atoms with Crippen LogP contribution in [0.15, 0.2) is 24.3 Å². The van der Waals surface area contributed by atoms with Gasteiger partial charge in [-0.2, -0.15) is 13.2 Å². The Labute approximate surface area is 119 Å². The van der Waals surface area contributed by atoms with Crippen LogP contribution in [-0.2, 0) is 16.1 Å². The van der Waals surface area contributed by atoms with Crippen molar-refractivity contribution in [1.82, 2.24) is 10.6 Å². The molecule has 2 amide bonds. The molecule has 0 saturated heterocycles. The van der Waals surface area contributed by atoms with E-state index < -0.39 is 12.1 Å². The molecule has 21 heavy (non-hydrogen) atoms. The molecule has 116 valence electrons. The first-order valence-corrected chi connectivity index (χ1v) is 6.21. The number of anilines is 1. The summed E-state index contributed by atoms with van der Waals surface area (Å²) in [5.41, 5.74) is 0.773. The molecular formula is C13H16F3N3O2. The number of halogens is 3. The first-order chi connectivity index (χ1) is 9.82. The number of hydrogen-bond donors (Lipinski definition) is 3. The van der Waals surface area contributed by atoms with E-state index in [-0.39, 0.29) is 11.6 Å². The van der Waals surface area contributed by atoms with E-state index in [1.165, 1.54) is 19.2 Å². The lowest BCUT2D eigenvalue weighted by atomic mass is 10.2. The van der Waals surface area contributed by atoms with Crippen molar-refractivity contribution in [2.45, 2.75) is 19.1 Å². The number of amides is 2. The lowest BCUT2D eigenvalue weighted by Gasteiger charge is -2.10. The van der Waals surface area contributed by atoms with Gasteiger partial charge in [0.15, 0.2) is 0 Å². The standard InChI is InChI=1S/C13H16F3N3O2/c1-17-11(20)5-6-18-8-9-3-2-4-10(7-9)19-12(21)13(14,15)16/h2-4,7,18H,5-6,8H2,1H3,(H,17,20)(H,19,21). The summed E-state index contributed by atoms with van der Waals surface area (Å²) in [5, 5.41) is 7.24. The van der Waals surface area contributed by atoms with E-state index in [0.29, 0.717) is 25.1 Å². The summed E-state index contributed by atoms with van der Waals surface area (Å²) in [6.07, 6.45) is -4.61. The molecule has 1 aromatic rings. The van der Waals surface area contributed by atoms with Gasteiger partial charge < -0.3 is 16.0 Å². The van der Waals surface area contributed by atoms with Gasteiger partial charge in [0.05, 0.1) is 0 Å². The lowest BCUT2D eigenvalue weighted by Crippen LogP contribution is -2.30. The molecule has 0 fully saturated rings. The van der Waals surface area contributed by atoms with Crippen LogP contribution in [-0.4, -0.2) is 31.6 Å². The van der Waals surface area contributed by atoms with Crippen LogP contribution >= 0.6 is 0 Å². The van der Waals surface area contributed by atoms with Gasteiger partial charge >= 0.3 is 12.1 Å². The van der Waals surface area contributed by atoms with Crippen LogP contribution in [0.5, 0.6) is 0 Å². The van der Waals surface area contributed by atoms with Gasteiger partial charge in [0, 0.05) is 32.2 Å². The molecule has 1 aromatic carbocycles. The third-order valence-electron chi connectivity index (χ3n) is 2.58. The highest BCUT2D eigenvalue weighted by Gasteiger charge is 2.38. The predicted molar refractivity (Wildman–Crippen MR) is 71.5 cm³/mol. The van der Waals surface area contributed by atoms with Crippen molar-refractivity contribution in [1.29, 1.82) is 0 Å². The number of rotatable bonds is 6. The minimum Gasteiger partial charge on any atom is -0.359 e. The van der Waals surface area contributed by atoms with E-state index in [1.807, 2.05) is 0 Å². The van der Waals surface area contributed by atoms with E-state index in [0.717, 1.165) is 0 Å². The first-order valence-electron chi connectivity index (χ1n) is 6.21. The van der Waals surface area contributed by atoms with Gasteiger partial charge in [-0.15, -0.1) is 0 Å². The maximum Gasteiger partial charge on any atom is 0.471 e. The number of nitrogens with one attached hydrogen (secondary N) is 3. The normalized spacial score (nSPS) is 11.0. The van der Waals surface area contributed by atoms with Gasteiger partial charge in [0.2, 0.25) is 5.91 Å². The molecular weight excluding hydrogens is 287 g/mol. The van der Waals surface area contributed by atoms with Gasteiger partial charge in [-0.25, -0.2) is 0 Å². The maximum absolute atomic E-state index is 12.1. The van der Waals surface area contributed by atoms with E-state index >= 15 is 0 Å². The summed E-state index contributed by atoms with van der Waals surface area (Å²) in [5.74, 6) is -2.11. The number of hydrogen-bond acceptors (Lipinski definition) is 3. The largest absolute Gasteiger partial charge is 0.471 e. The molecule has 8 heteroatoms. The molecule has 3 N–H and O–H groups in total. The third kappa shape index (κ3) is 6.26. The molecule has 0 atom stereocenters. The second kappa shape index (κ2) is 7.63. The Morgan fingerprint density at radius 2 is 1.95 bits per heavy atom. The molecule has 0 heterocycles. The molecule has 5 nitrogen and oxygen atoms in total. The molecule has 0 aliphatic heterocycles. The molecule has 0 aromatic heterocycles. The van der Waals surface area contributed by atoms with Gasteiger partial charge in [-0.05, 0) is 17.7 Å². The summed E-state index contributed by atoms with van der Waals surface area (Å²) in [6, 6.07) is 6.06. The highest BCUT2D eigenvalue weighted by atomic mass is 19.4. The Balaban J connectivity index is 2.49. The molecule has 0 radical (unpaired) electrons. The molecule has 0 aliphatic carbocycles. The Morgan fingerprint density at radius 1 is 1.24 bits per heavy atom. The van der Waals surface area contributed by atoms with Crippen molar-refractivity contribution >= 4 is 17.5 Å². The Hall–Kier alpha value is -2.09. The fraction of sp³-hybridized carbons (Fsp3) is 0.385.